The minimum Gasteiger partial charge on any atom is -0.373 e. The molecule has 2 aromatic carbocycles. The summed E-state index contributed by atoms with van der Waals surface area (Å²) in [6.45, 7) is 0.523. The van der Waals surface area contributed by atoms with E-state index in [2.05, 4.69) is 0 Å². The van der Waals surface area contributed by atoms with E-state index in [1.165, 1.54) is 29.8 Å². The third-order valence-electron chi connectivity index (χ3n) is 2.78. The molecular weight excluding hydrogens is 243 g/mol. The van der Waals surface area contributed by atoms with Gasteiger partial charge in [0.25, 0.3) is 0 Å². The Labute approximate surface area is 111 Å². The Morgan fingerprint density at radius 3 is 2.37 bits per heavy atom. The number of ether oxygens (including phenoxy) is 1. The molecule has 0 N–H and O–H groups in total. The van der Waals surface area contributed by atoms with Crippen LogP contribution in [0.3, 0.4) is 0 Å². The maximum atomic E-state index is 12.7. The number of carbonyl (C=O) groups is 1. The highest BCUT2D eigenvalue weighted by Crippen LogP contribution is 2.04. The lowest BCUT2D eigenvalue weighted by atomic mass is 10.1. The molecule has 98 valence electrons. The van der Waals surface area contributed by atoms with E-state index in [-0.39, 0.29) is 18.2 Å². The van der Waals surface area contributed by atoms with Crippen molar-refractivity contribution in [2.75, 3.05) is 13.2 Å². The van der Waals surface area contributed by atoms with E-state index in [0.717, 1.165) is 6.42 Å². The lowest BCUT2D eigenvalue weighted by molar-refractivity contribution is 0.0765. The summed E-state index contributed by atoms with van der Waals surface area (Å²) in [4.78, 5) is 11.7. The fourth-order valence-electron chi connectivity index (χ4n) is 1.72. The molecule has 0 radical (unpaired) electrons. The molecule has 0 aliphatic rings. The van der Waals surface area contributed by atoms with Crippen molar-refractivity contribution in [1.29, 1.82) is 0 Å². The minimum absolute atomic E-state index is 0.0263. The highest BCUT2D eigenvalue weighted by Gasteiger charge is 2.05. The van der Waals surface area contributed by atoms with Crippen LogP contribution in [0.2, 0.25) is 0 Å². The highest BCUT2D eigenvalue weighted by atomic mass is 19.1. The molecule has 2 nitrogen and oxygen atoms in total. The lowest BCUT2D eigenvalue weighted by Crippen LogP contribution is -2.10. The van der Waals surface area contributed by atoms with Gasteiger partial charge in [0, 0.05) is 5.56 Å². The average molecular weight is 258 g/mol. The zero-order chi connectivity index (χ0) is 13.5. The molecule has 0 saturated heterocycles. The van der Waals surface area contributed by atoms with E-state index >= 15 is 0 Å². The third kappa shape index (κ3) is 4.30. The molecule has 0 atom stereocenters. The molecule has 0 saturated carbocycles. The van der Waals surface area contributed by atoms with Crippen LogP contribution in [0.4, 0.5) is 4.39 Å². The molecule has 0 bridgehead atoms. The minimum atomic E-state index is -0.346. The molecule has 0 heterocycles. The van der Waals surface area contributed by atoms with Crippen molar-refractivity contribution in [1.82, 2.24) is 0 Å². The second kappa shape index (κ2) is 6.81. The number of hydrogen-bond donors (Lipinski definition) is 0. The topological polar surface area (TPSA) is 26.3 Å². The number of rotatable bonds is 6. The smallest absolute Gasteiger partial charge is 0.188 e. The summed E-state index contributed by atoms with van der Waals surface area (Å²) >= 11 is 0. The summed E-state index contributed by atoms with van der Waals surface area (Å²) in [5.41, 5.74) is 1.65. The highest BCUT2D eigenvalue weighted by molar-refractivity contribution is 5.97. The summed E-state index contributed by atoms with van der Waals surface area (Å²) < 4.78 is 18.0. The molecule has 0 aromatic heterocycles. The van der Waals surface area contributed by atoms with E-state index < -0.39 is 0 Å². The number of hydrogen-bond acceptors (Lipinski definition) is 2. The van der Waals surface area contributed by atoms with E-state index in [9.17, 15) is 9.18 Å². The van der Waals surface area contributed by atoms with Gasteiger partial charge in [0.1, 0.15) is 12.4 Å². The largest absolute Gasteiger partial charge is 0.373 e. The summed E-state index contributed by atoms with van der Waals surface area (Å²) in [6, 6.07) is 15.4. The standard InChI is InChI=1S/C16H15FO2/c17-15-8-6-14(7-9-15)16(18)12-19-11-10-13-4-2-1-3-5-13/h1-9H,10-12H2. The normalized spacial score (nSPS) is 10.4. The van der Waals surface area contributed by atoms with Gasteiger partial charge < -0.3 is 4.74 Å². The van der Waals surface area contributed by atoms with Gasteiger partial charge in [0.05, 0.1) is 6.61 Å². The Bertz CT molecular complexity index is 520. The molecule has 0 unspecified atom stereocenters. The van der Waals surface area contributed by atoms with E-state index in [4.69, 9.17) is 4.74 Å². The zero-order valence-corrected chi connectivity index (χ0v) is 10.5. The van der Waals surface area contributed by atoms with Crippen LogP contribution in [0.5, 0.6) is 0 Å². The first-order valence-corrected chi connectivity index (χ1v) is 6.16. The molecule has 0 aliphatic heterocycles. The number of ketones is 1. The van der Waals surface area contributed by atoms with Crippen LogP contribution in [0.25, 0.3) is 0 Å². The summed E-state index contributed by atoms with van der Waals surface area (Å²) in [6.07, 6.45) is 0.775. The molecule has 0 aliphatic carbocycles. The maximum Gasteiger partial charge on any atom is 0.188 e. The predicted molar refractivity (Wildman–Crippen MR) is 71.7 cm³/mol. The van der Waals surface area contributed by atoms with Crippen LogP contribution in [-0.4, -0.2) is 19.0 Å². The second-order valence-corrected chi connectivity index (χ2v) is 4.22. The Balaban J connectivity index is 1.74. The van der Waals surface area contributed by atoms with Gasteiger partial charge >= 0.3 is 0 Å². The van der Waals surface area contributed by atoms with Crippen LogP contribution in [0.15, 0.2) is 54.6 Å². The van der Waals surface area contributed by atoms with Gasteiger partial charge in [-0.1, -0.05) is 30.3 Å². The number of benzene rings is 2. The number of carbonyl (C=O) groups excluding carboxylic acids is 1. The molecule has 2 aromatic rings. The van der Waals surface area contributed by atoms with Crippen molar-refractivity contribution in [3.05, 3.63) is 71.5 Å². The Hall–Kier alpha value is -2.00. The van der Waals surface area contributed by atoms with Gasteiger partial charge in [-0.3, -0.25) is 4.79 Å². The fourth-order valence-corrected chi connectivity index (χ4v) is 1.72. The zero-order valence-electron chi connectivity index (χ0n) is 10.5. The first-order valence-electron chi connectivity index (χ1n) is 6.16. The van der Waals surface area contributed by atoms with Crippen LogP contribution in [0, 0.1) is 5.82 Å². The van der Waals surface area contributed by atoms with Crippen molar-refractivity contribution in [2.24, 2.45) is 0 Å². The molecule has 2 rings (SSSR count). The van der Waals surface area contributed by atoms with Crippen molar-refractivity contribution in [3.8, 4) is 0 Å². The van der Waals surface area contributed by atoms with Gasteiger partial charge in [0.15, 0.2) is 5.78 Å². The molecule has 0 spiro atoms. The summed E-state index contributed by atoms with van der Waals surface area (Å²) in [5.74, 6) is -0.477. The Morgan fingerprint density at radius 2 is 1.68 bits per heavy atom. The SMILES string of the molecule is O=C(COCCc1ccccc1)c1ccc(F)cc1. The number of halogens is 1. The molecule has 0 fully saturated rings. The Morgan fingerprint density at radius 1 is 1.00 bits per heavy atom. The van der Waals surface area contributed by atoms with Gasteiger partial charge in [-0.05, 0) is 36.2 Å². The summed E-state index contributed by atoms with van der Waals surface area (Å²) in [5, 5.41) is 0. The van der Waals surface area contributed by atoms with Gasteiger partial charge in [-0.15, -0.1) is 0 Å². The monoisotopic (exact) mass is 258 g/mol. The predicted octanol–water partition coefficient (Wildman–Crippen LogP) is 3.27. The second-order valence-electron chi connectivity index (χ2n) is 4.22. The molecule has 19 heavy (non-hydrogen) atoms. The van der Waals surface area contributed by atoms with Crippen molar-refractivity contribution >= 4 is 5.78 Å². The van der Waals surface area contributed by atoms with E-state index in [1.54, 1.807) is 0 Å². The van der Waals surface area contributed by atoms with Crippen molar-refractivity contribution < 1.29 is 13.9 Å². The third-order valence-corrected chi connectivity index (χ3v) is 2.78. The van der Waals surface area contributed by atoms with Crippen LogP contribution in [-0.2, 0) is 11.2 Å². The number of Topliss-reactive ketones (excluding diaryl/α,β-unsaturated/α-hetero) is 1. The fraction of sp³-hybridized carbons (Fsp3) is 0.188. The van der Waals surface area contributed by atoms with Crippen LogP contribution in [0.1, 0.15) is 15.9 Å². The van der Waals surface area contributed by atoms with Crippen molar-refractivity contribution in [2.45, 2.75) is 6.42 Å². The Kier molecular flexibility index (Phi) is 4.81. The van der Waals surface area contributed by atoms with E-state index in [0.29, 0.717) is 12.2 Å². The molecular formula is C16H15FO2. The maximum absolute atomic E-state index is 12.7. The molecule has 3 heteroatoms. The van der Waals surface area contributed by atoms with Gasteiger partial charge in [-0.2, -0.15) is 0 Å². The first-order chi connectivity index (χ1) is 9.25. The van der Waals surface area contributed by atoms with Crippen molar-refractivity contribution in [3.63, 3.8) is 0 Å². The van der Waals surface area contributed by atoms with E-state index in [1.807, 2.05) is 30.3 Å². The molecule has 0 amide bonds. The lowest BCUT2D eigenvalue weighted by Gasteiger charge is -2.04. The first kappa shape index (κ1) is 13.4. The van der Waals surface area contributed by atoms with Gasteiger partial charge in [-0.25, -0.2) is 4.39 Å². The van der Waals surface area contributed by atoms with Crippen LogP contribution >= 0.6 is 0 Å². The summed E-state index contributed by atoms with van der Waals surface area (Å²) in [7, 11) is 0. The van der Waals surface area contributed by atoms with Gasteiger partial charge in [0.2, 0.25) is 0 Å². The average Bonchev–Trinajstić information content (AvgIpc) is 2.45. The van der Waals surface area contributed by atoms with Crippen LogP contribution < -0.4 is 0 Å². The quantitative estimate of drug-likeness (QED) is 0.587.